The first kappa shape index (κ1) is 13.4. The van der Waals surface area contributed by atoms with Crippen molar-refractivity contribution in [1.82, 2.24) is 19.7 Å². The van der Waals surface area contributed by atoms with E-state index in [-0.39, 0.29) is 11.9 Å². The quantitative estimate of drug-likeness (QED) is 0.775. The molecule has 0 aliphatic rings. The lowest BCUT2D eigenvalue weighted by Gasteiger charge is -2.13. The molecule has 1 atom stereocenters. The van der Waals surface area contributed by atoms with Gasteiger partial charge in [0.05, 0.1) is 17.4 Å². The third-order valence-electron chi connectivity index (χ3n) is 3.77. The molecule has 21 heavy (non-hydrogen) atoms. The Morgan fingerprint density at radius 2 is 2.10 bits per heavy atom. The third kappa shape index (κ3) is 2.29. The highest BCUT2D eigenvalue weighted by molar-refractivity contribution is 5.94. The SMILES string of the molecule is Cc1[nH]nc(NC(=O)C(C)n2cnc3ccccc32)c1C. The molecule has 0 bridgehead atoms. The molecule has 6 heteroatoms. The van der Waals surface area contributed by atoms with Crippen LogP contribution >= 0.6 is 0 Å². The van der Waals surface area contributed by atoms with Crippen LogP contribution in [-0.2, 0) is 4.79 Å². The van der Waals surface area contributed by atoms with E-state index in [0.717, 1.165) is 22.3 Å². The fraction of sp³-hybridized carbons (Fsp3) is 0.267. The molecule has 0 aliphatic heterocycles. The number of benzene rings is 1. The molecule has 0 saturated heterocycles. The van der Waals surface area contributed by atoms with Crippen molar-refractivity contribution in [3.8, 4) is 0 Å². The van der Waals surface area contributed by atoms with Crippen LogP contribution in [0.25, 0.3) is 11.0 Å². The van der Waals surface area contributed by atoms with Gasteiger partial charge in [0.15, 0.2) is 5.82 Å². The van der Waals surface area contributed by atoms with E-state index < -0.39 is 0 Å². The average molecular weight is 283 g/mol. The van der Waals surface area contributed by atoms with Gasteiger partial charge in [-0.15, -0.1) is 0 Å². The van der Waals surface area contributed by atoms with Gasteiger partial charge in [-0.2, -0.15) is 5.10 Å². The molecule has 2 N–H and O–H groups in total. The summed E-state index contributed by atoms with van der Waals surface area (Å²) in [5, 5.41) is 9.82. The molecule has 0 radical (unpaired) electrons. The van der Waals surface area contributed by atoms with E-state index in [1.807, 2.05) is 49.6 Å². The monoisotopic (exact) mass is 283 g/mol. The van der Waals surface area contributed by atoms with Crippen molar-refractivity contribution in [2.75, 3.05) is 5.32 Å². The normalized spacial score (nSPS) is 12.5. The van der Waals surface area contributed by atoms with Crippen molar-refractivity contribution in [3.05, 3.63) is 41.9 Å². The molecule has 108 valence electrons. The first-order valence-corrected chi connectivity index (χ1v) is 6.82. The Hall–Kier alpha value is -2.63. The van der Waals surface area contributed by atoms with Crippen molar-refractivity contribution >= 4 is 22.8 Å². The molecule has 0 spiro atoms. The third-order valence-corrected chi connectivity index (χ3v) is 3.77. The van der Waals surface area contributed by atoms with Gasteiger partial charge in [-0.25, -0.2) is 4.98 Å². The van der Waals surface area contributed by atoms with Crippen molar-refractivity contribution in [2.24, 2.45) is 0 Å². The number of rotatable bonds is 3. The summed E-state index contributed by atoms with van der Waals surface area (Å²) in [4.78, 5) is 16.7. The number of anilines is 1. The molecule has 3 aromatic rings. The van der Waals surface area contributed by atoms with Crippen molar-refractivity contribution in [1.29, 1.82) is 0 Å². The number of amides is 1. The van der Waals surface area contributed by atoms with Crippen molar-refractivity contribution < 1.29 is 4.79 Å². The van der Waals surface area contributed by atoms with Crippen LogP contribution in [0.15, 0.2) is 30.6 Å². The fourth-order valence-corrected chi connectivity index (χ4v) is 2.24. The van der Waals surface area contributed by atoms with Gasteiger partial charge in [0.1, 0.15) is 6.04 Å². The van der Waals surface area contributed by atoms with Gasteiger partial charge in [0, 0.05) is 11.3 Å². The molecule has 3 rings (SSSR count). The summed E-state index contributed by atoms with van der Waals surface area (Å²) in [7, 11) is 0. The second kappa shape index (κ2) is 5.05. The second-order valence-electron chi connectivity index (χ2n) is 5.13. The van der Waals surface area contributed by atoms with Gasteiger partial charge in [-0.05, 0) is 32.9 Å². The number of aromatic nitrogens is 4. The smallest absolute Gasteiger partial charge is 0.248 e. The van der Waals surface area contributed by atoms with Crippen LogP contribution in [-0.4, -0.2) is 25.7 Å². The predicted molar refractivity (Wildman–Crippen MR) is 81.1 cm³/mol. The number of carbonyl (C=O) groups is 1. The maximum absolute atomic E-state index is 12.4. The first-order valence-electron chi connectivity index (χ1n) is 6.82. The summed E-state index contributed by atoms with van der Waals surface area (Å²) >= 11 is 0. The Morgan fingerprint density at radius 1 is 1.33 bits per heavy atom. The molecular weight excluding hydrogens is 266 g/mol. The van der Waals surface area contributed by atoms with E-state index in [9.17, 15) is 4.79 Å². The van der Waals surface area contributed by atoms with Gasteiger partial charge < -0.3 is 9.88 Å². The summed E-state index contributed by atoms with van der Waals surface area (Å²) in [6, 6.07) is 7.38. The Morgan fingerprint density at radius 3 is 2.81 bits per heavy atom. The zero-order valence-electron chi connectivity index (χ0n) is 12.2. The minimum absolute atomic E-state index is 0.118. The molecule has 1 aromatic carbocycles. The summed E-state index contributed by atoms with van der Waals surface area (Å²) < 4.78 is 1.86. The Bertz CT molecular complexity index is 801. The van der Waals surface area contributed by atoms with E-state index >= 15 is 0 Å². The summed E-state index contributed by atoms with van der Waals surface area (Å²) in [5.74, 6) is 0.460. The lowest BCUT2D eigenvalue weighted by molar-refractivity contribution is -0.118. The highest BCUT2D eigenvalue weighted by Crippen LogP contribution is 2.20. The molecule has 0 fully saturated rings. The number of fused-ring (bicyclic) bond motifs is 1. The van der Waals surface area contributed by atoms with Crippen LogP contribution in [0.2, 0.25) is 0 Å². The van der Waals surface area contributed by atoms with E-state index in [1.54, 1.807) is 6.33 Å². The molecule has 2 aromatic heterocycles. The maximum atomic E-state index is 12.4. The molecule has 2 heterocycles. The zero-order chi connectivity index (χ0) is 15.0. The van der Waals surface area contributed by atoms with Crippen molar-refractivity contribution in [3.63, 3.8) is 0 Å². The minimum Gasteiger partial charge on any atom is -0.318 e. The number of H-pyrrole nitrogens is 1. The van der Waals surface area contributed by atoms with Crippen LogP contribution in [0.4, 0.5) is 5.82 Å². The zero-order valence-corrected chi connectivity index (χ0v) is 12.2. The maximum Gasteiger partial charge on any atom is 0.248 e. The number of hydrogen-bond donors (Lipinski definition) is 2. The van der Waals surface area contributed by atoms with Gasteiger partial charge in [-0.1, -0.05) is 12.1 Å². The van der Waals surface area contributed by atoms with E-state index in [0.29, 0.717) is 5.82 Å². The highest BCUT2D eigenvalue weighted by atomic mass is 16.2. The first-order chi connectivity index (χ1) is 10.1. The van der Waals surface area contributed by atoms with Gasteiger partial charge >= 0.3 is 0 Å². The van der Waals surface area contributed by atoms with E-state index in [2.05, 4.69) is 20.5 Å². The molecule has 1 amide bonds. The van der Waals surface area contributed by atoms with E-state index in [1.165, 1.54) is 0 Å². The van der Waals surface area contributed by atoms with Crippen LogP contribution in [0, 0.1) is 13.8 Å². The fourth-order valence-electron chi connectivity index (χ4n) is 2.24. The van der Waals surface area contributed by atoms with Gasteiger partial charge in [-0.3, -0.25) is 9.89 Å². The Kier molecular flexibility index (Phi) is 3.21. The molecular formula is C15H17N5O. The number of carbonyl (C=O) groups excluding carboxylic acids is 1. The summed E-state index contributed by atoms with van der Waals surface area (Å²) in [6.07, 6.45) is 1.69. The van der Waals surface area contributed by atoms with Gasteiger partial charge in [0.25, 0.3) is 0 Å². The molecule has 1 unspecified atom stereocenters. The lowest BCUT2D eigenvalue weighted by atomic mass is 10.2. The highest BCUT2D eigenvalue weighted by Gasteiger charge is 2.19. The van der Waals surface area contributed by atoms with Crippen LogP contribution in [0.5, 0.6) is 0 Å². The minimum atomic E-state index is -0.367. The predicted octanol–water partition coefficient (Wildman–Crippen LogP) is 2.58. The van der Waals surface area contributed by atoms with Gasteiger partial charge in [0.2, 0.25) is 5.91 Å². The number of para-hydroxylation sites is 2. The summed E-state index contributed by atoms with van der Waals surface area (Å²) in [6.45, 7) is 5.69. The number of hydrogen-bond acceptors (Lipinski definition) is 3. The Labute approximate surface area is 122 Å². The second-order valence-corrected chi connectivity index (χ2v) is 5.13. The molecule has 0 saturated carbocycles. The Balaban J connectivity index is 1.86. The number of aryl methyl sites for hydroxylation is 1. The number of nitrogens with one attached hydrogen (secondary N) is 2. The number of aromatic amines is 1. The van der Waals surface area contributed by atoms with Crippen molar-refractivity contribution in [2.45, 2.75) is 26.8 Å². The van der Waals surface area contributed by atoms with Crippen LogP contribution in [0.1, 0.15) is 24.2 Å². The summed E-state index contributed by atoms with van der Waals surface area (Å²) in [5.41, 5.74) is 3.72. The number of nitrogens with zero attached hydrogens (tertiary/aromatic N) is 3. The standard InChI is InChI=1S/C15H17N5O/c1-9-10(2)18-19-14(9)17-15(21)11(3)20-8-16-12-6-4-5-7-13(12)20/h4-8,11H,1-3H3,(H2,17,18,19,21). The molecule has 6 nitrogen and oxygen atoms in total. The van der Waals surface area contributed by atoms with Crippen LogP contribution in [0.3, 0.4) is 0 Å². The largest absolute Gasteiger partial charge is 0.318 e. The van der Waals surface area contributed by atoms with Crippen LogP contribution < -0.4 is 5.32 Å². The topological polar surface area (TPSA) is 75.6 Å². The average Bonchev–Trinajstić information content (AvgIpc) is 3.05. The molecule has 0 aliphatic carbocycles. The number of imidazole rings is 1. The van der Waals surface area contributed by atoms with E-state index in [4.69, 9.17) is 0 Å². The lowest BCUT2D eigenvalue weighted by Crippen LogP contribution is -2.23.